The van der Waals surface area contributed by atoms with Crippen molar-refractivity contribution in [2.24, 2.45) is 5.92 Å². The summed E-state index contributed by atoms with van der Waals surface area (Å²) >= 11 is 0. The van der Waals surface area contributed by atoms with Crippen LogP contribution in [0.4, 0.5) is 13.6 Å². The molecule has 10 heteroatoms. The fraction of sp³-hybridized carbons (Fsp3) is 0.444. The first kappa shape index (κ1) is 27.9. The number of hydrogen-bond acceptors (Lipinski definition) is 5. The summed E-state index contributed by atoms with van der Waals surface area (Å²) in [5.74, 6) is -5.59. The van der Waals surface area contributed by atoms with E-state index in [-0.39, 0.29) is 45.1 Å². The minimum absolute atomic E-state index is 0.0721. The molecule has 0 spiro atoms. The number of hydrogen-bond donors (Lipinski definition) is 3. The molecule has 3 rings (SSSR count). The Kier molecular flexibility index (Phi) is 9.82. The van der Waals surface area contributed by atoms with E-state index < -0.39 is 47.4 Å². The summed E-state index contributed by atoms with van der Waals surface area (Å²) in [6, 6.07) is 12.3. The highest BCUT2D eigenvalue weighted by Crippen LogP contribution is 2.32. The van der Waals surface area contributed by atoms with Gasteiger partial charge in [-0.05, 0) is 43.9 Å². The highest BCUT2D eigenvalue weighted by Gasteiger charge is 2.35. The second-order valence-electron chi connectivity index (χ2n) is 9.39. The number of pyridine rings is 1. The maximum Gasteiger partial charge on any atom is 0.315 e. The van der Waals surface area contributed by atoms with Gasteiger partial charge < -0.3 is 16.0 Å². The molecule has 0 bridgehead atoms. The van der Waals surface area contributed by atoms with E-state index in [1.54, 1.807) is 48.7 Å². The Labute approximate surface area is 214 Å². The van der Waals surface area contributed by atoms with Crippen molar-refractivity contribution in [1.29, 1.82) is 0 Å². The molecule has 3 amide bonds. The van der Waals surface area contributed by atoms with Gasteiger partial charge in [0.1, 0.15) is 0 Å². The second-order valence-corrected chi connectivity index (χ2v) is 9.39. The van der Waals surface area contributed by atoms with Crippen molar-refractivity contribution in [3.63, 3.8) is 0 Å². The number of benzene rings is 1. The molecule has 1 aromatic heterocycles. The van der Waals surface area contributed by atoms with Crippen LogP contribution in [-0.4, -0.2) is 46.5 Å². The monoisotopic (exact) mass is 514 g/mol. The Hall–Kier alpha value is -3.69. The maximum atomic E-state index is 13.3. The van der Waals surface area contributed by atoms with Crippen molar-refractivity contribution in [2.45, 2.75) is 70.0 Å². The fourth-order valence-electron chi connectivity index (χ4n) is 4.21. The van der Waals surface area contributed by atoms with E-state index in [1.165, 1.54) is 6.92 Å². The molecular weight excluding hydrogens is 482 g/mol. The molecule has 0 unspecified atom stereocenters. The number of alkyl halides is 2. The van der Waals surface area contributed by atoms with E-state index in [0.717, 1.165) is 5.56 Å². The molecular formula is C27H32F2N4O4. The molecule has 1 fully saturated rings. The van der Waals surface area contributed by atoms with Crippen molar-refractivity contribution in [1.82, 2.24) is 20.9 Å². The number of amides is 3. The third-order valence-electron chi connectivity index (χ3n) is 6.41. The Balaban J connectivity index is 1.57. The van der Waals surface area contributed by atoms with Crippen LogP contribution >= 0.6 is 0 Å². The van der Waals surface area contributed by atoms with Crippen LogP contribution in [-0.2, 0) is 27.3 Å². The third-order valence-corrected chi connectivity index (χ3v) is 6.41. The van der Waals surface area contributed by atoms with Gasteiger partial charge in [-0.3, -0.25) is 19.4 Å². The van der Waals surface area contributed by atoms with Crippen LogP contribution in [0.1, 0.15) is 50.3 Å². The van der Waals surface area contributed by atoms with Gasteiger partial charge in [0.25, 0.3) is 5.91 Å². The molecule has 0 saturated heterocycles. The van der Waals surface area contributed by atoms with Crippen LogP contribution in [0.3, 0.4) is 0 Å². The first-order valence-electron chi connectivity index (χ1n) is 12.4. The maximum absolute atomic E-state index is 13.3. The lowest BCUT2D eigenvalue weighted by molar-refractivity contribution is -0.141. The Morgan fingerprint density at radius 2 is 1.70 bits per heavy atom. The summed E-state index contributed by atoms with van der Waals surface area (Å²) in [7, 11) is 0. The van der Waals surface area contributed by atoms with Crippen LogP contribution in [0.15, 0.2) is 54.7 Å². The highest BCUT2D eigenvalue weighted by atomic mass is 19.3. The Bertz CT molecular complexity index is 1070. The molecule has 1 saturated carbocycles. The van der Waals surface area contributed by atoms with E-state index in [1.807, 2.05) is 6.07 Å². The van der Waals surface area contributed by atoms with E-state index in [2.05, 4.69) is 20.9 Å². The number of nitrogens with one attached hydrogen (secondary N) is 3. The van der Waals surface area contributed by atoms with Crippen LogP contribution in [0, 0.1) is 5.92 Å². The fourth-order valence-corrected chi connectivity index (χ4v) is 4.21. The van der Waals surface area contributed by atoms with Gasteiger partial charge in [0.05, 0.1) is 18.3 Å². The van der Waals surface area contributed by atoms with Crippen LogP contribution < -0.4 is 16.0 Å². The molecule has 1 aromatic carbocycles. The van der Waals surface area contributed by atoms with Gasteiger partial charge in [-0.25, -0.2) is 13.6 Å². The van der Waals surface area contributed by atoms with E-state index in [0.29, 0.717) is 5.69 Å². The Morgan fingerprint density at radius 3 is 2.35 bits per heavy atom. The highest BCUT2D eigenvalue weighted by molar-refractivity contribution is 6.37. The summed E-state index contributed by atoms with van der Waals surface area (Å²) in [5.41, 5.74) is 1.38. The predicted octanol–water partition coefficient (Wildman–Crippen LogP) is 3.35. The largest absolute Gasteiger partial charge is 0.344 e. The number of carbonyl (C=O) groups is 4. The first-order chi connectivity index (χ1) is 17.6. The van der Waals surface area contributed by atoms with Crippen molar-refractivity contribution in [3.8, 4) is 0 Å². The van der Waals surface area contributed by atoms with E-state index >= 15 is 0 Å². The zero-order chi connectivity index (χ0) is 26.8. The molecule has 0 aliphatic heterocycles. The number of carbonyl (C=O) groups excluding carboxylic acids is 4. The standard InChI is InChI=1S/C27H32F2N4O4/c1-18(32-26(37)33-21-10-12-27(28,29)13-11-21)23(34)16-20(15-19-7-3-2-4-8-19)24(35)25(36)31-17-22-9-5-6-14-30-22/h2-9,14,18,20-21H,10-13,15-17H2,1H3,(H,31,36)(H2,32,33,37)/t18-,20+/m1/s1. The van der Waals surface area contributed by atoms with Crippen molar-refractivity contribution in [3.05, 3.63) is 66.0 Å². The number of urea groups is 1. The third kappa shape index (κ3) is 9.04. The number of halogens is 2. The second kappa shape index (κ2) is 13.0. The number of aromatic nitrogens is 1. The molecule has 1 aliphatic rings. The topological polar surface area (TPSA) is 117 Å². The van der Waals surface area contributed by atoms with Gasteiger partial charge >= 0.3 is 6.03 Å². The number of nitrogens with zero attached hydrogens (tertiary/aromatic N) is 1. The minimum Gasteiger partial charge on any atom is -0.344 e. The zero-order valence-corrected chi connectivity index (χ0v) is 20.7. The number of rotatable bonds is 11. The molecule has 198 valence electrons. The van der Waals surface area contributed by atoms with Gasteiger partial charge in [-0.15, -0.1) is 0 Å². The minimum atomic E-state index is -2.71. The smallest absolute Gasteiger partial charge is 0.315 e. The average Bonchev–Trinajstić information content (AvgIpc) is 2.88. The first-order valence-corrected chi connectivity index (χ1v) is 12.4. The Morgan fingerprint density at radius 1 is 1.03 bits per heavy atom. The molecule has 3 N–H and O–H groups in total. The summed E-state index contributed by atoms with van der Waals surface area (Å²) < 4.78 is 26.7. The SMILES string of the molecule is C[C@@H](NC(=O)NC1CCC(F)(F)CC1)C(=O)C[C@H](Cc1ccccc1)C(=O)C(=O)NCc1ccccn1. The van der Waals surface area contributed by atoms with Crippen LogP contribution in [0.25, 0.3) is 0 Å². The normalized spacial score (nSPS) is 16.7. The van der Waals surface area contributed by atoms with Crippen LogP contribution in [0.5, 0.6) is 0 Å². The van der Waals surface area contributed by atoms with Gasteiger partial charge in [0.2, 0.25) is 11.7 Å². The molecule has 37 heavy (non-hydrogen) atoms. The van der Waals surface area contributed by atoms with Crippen LogP contribution in [0.2, 0.25) is 0 Å². The van der Waals surface area contributed by atoms with Gasteiger partial charge in [-0.2, -0.15) is 0 Å². The lowest BCUT2D eigenvalue weighted by Gasteiger charge is -2.29. The molecule has 2 atom stereocenters. The van der Waals surface area contributed by atoms with Crippen molar-refractivity contribution >= 4 is 23.5 Å². The van der Waals surface area contributed by atoms with E-state index in [4.69, 9.17) is 0 Å². The summed E-state index contributed by atoms with van der Waals surface area (Å²) in [6.45, 7) is 1.56. The lowest BCUT2D eigenvalue weighted by Crippen LogP contribution is -2.49. The molecule has 8 nitrogen and oxygen atoms in total. The van der Waals surface area contributed by atoms with Gasteiger partial charge in [0, 0.05) is 37.4 Å². The van der Waals surface area contributed by atoms with Crippen molar-refractivity contribution in [2.75, 3.05) is 0 Å². The number of ketones is 2. The van der Waals surface area contributed by atoms with Gasteiger partial charge in [0.15, 0.2) is 5.78 Å². The quantitative estimate of drug-likeness (QED) is 0.398. The summed E-state index contributed by atoms with van der Waals surface area (Å²) in [5, 5.41) is 7.72. The number of Topliss-reactive ketones (excluding diaryl/α,β-unsaturated/α-hetero) is 2. The molecule has 2 aromatic rings. The summed E-state index contributed by atoms with van der Waals surface area (Å²) in [4.78, 5) is 55.0. The molecule has 1 aliphatic carbocycles. The summed E-state index contributed by atoms with van der Waals surface area (Å²) in [6.07, 6.45) is 1.23. The predicted molar refractivity (Wildman–Crippen MR) is 133 cm³/mol. The van der Waals surface area contributed by atoms with Crippen molar-refractivity contribution < 1.29 is 28.0 Å². The average molecular weight is 515 g/mol. The zero-order valence-electron chi connectivity index (χ0n) is 20.7. The molecule has 1 heterocycles. The molecule has 0 radical (unpaired) electrons. The lowest BCUT2D eigenvalue weighted by atomic mass is 9.88. The van der Waals surface area contributed by atoms with Gasteiger partial charge in [-0.1, -0.05) is 36.4 Å². The van der Waals surface area contributed by atoms with E-state index in [9.17, 15) is 28.0 Å².